The lowest BCUT2D eigenvalue weighted by molar-refractivity contribution is 0.142. The Morgan fingerprint density at radius 2 is 2.31 bits per heavy atom. The van der Waals surface area contributed by atoms with Crippen LogP contribution in [0.3, 0.4) is 0 Å². The second-order valence-corrected chi connectivity index (χ2v) is 2.63. The van der Waals surface area contributed by atoms with Crippen LogP contribution in [0.2, 0.25) is 0 Å². The monoisotopic (exact) mass is 202 g/mol. The molecule has 0 atom stereocenters. The molecule has 0 aromatic carbocycles. The van der Waals surface area contributed by atoms with Crippen LogP contribution < -0.4 is 10.5 Å². The van der Waals surface area contributed by atoms with Gasteiger partial charge in [0.1, 0.15) is 0 Å². The van der Waals surface area contributed by atoms with Gasteiger partial charge in [-0.15, -0.1) is 10.2 Å². The summed E-state index contributed by atoms with van der Waals surface area (Å²) in [6, 6.07) is 0. The predicted molar refractivity (Wildman–Crippen MR) is 44.7 cm³/mol. The largest absolute Gasteiger partial charge is 0.512 e. The molecular formula is C5H6N4O3S. The normalized spacial score (nSPS) is 9.62. The Balaban J connectivity index is 2.91. The fraction of sp³-hybridized carbons (Fsp3) is 0.200. The Labute approximate surface area is 77.3 Å². The average Bonchev–Trinajstić information content (AvgIpc) is 2.08. The van der Waals surface area contributed by atoms with Crippen molar-refractivity contribution in [3.05, 3.63) is 0 Å². The number of thioether (sulfide) groups is 1. The molecule has 13 heavy (non-hydrogen) atoms. The van der Waals surface area contributed by atoms with E-state index in [1.807, 2.05) is 0 Å². The Morgan fingerprint density at radius 3 is 2.77 bits per heavy atom. The second-order valence-electron chi connectivity index (χ2n) is 1.86. The lowest BCUT2D eigenvalue weighted by atomic mass is 10.7. The molecule has 0 saturated heterocycles. The number of anilines is 1. The molecule has 3 N–H and O–H groups in total. The molecule has 7 nitrogen and oxygen atoms in total. The molecule has 0 aliphatic carbocycles. The van der Waals surface area contributed by atoms with E-state index < -0.39 is 6.16 Å². The van der Waals surface area contributed by atoms with E-state index >= 15 is 0 Å². The number of nitrogens with zero attached hydrogens (tertiary/aromatic N) is 3. The molecule has 0 amide bonds. The minimum atomic E-state index is -1.50. The van der Waals surface area contributed by atoms with Crippen molar-refractivity contribution in [1.29, 1.82) is 0 Å². The summed E-state index contributed by atoms with van der Waals surface area (Å²) in [6.45, 7) is 0. The number of nitrogens with two attached hydrogens (primary N) is 1. The number of carbonyl (C=O) groups is 1. The smallest absolute Gasteiger partial charge is 0.449 e. The van der Waals surface area contributed by atoms with Crippen molar-refractivity contribution in [2.75, 3.05) is 12.0 Å². The first-order valence-corrected chi connectivity index (χ1v) is 4.31. The van der Waals surface area contributed by atoms with Crippen molar-refractivity contribution in [2.24, 2.45) is 0 Å². The fourth-order valence-corrected chi connectivity index (χ4v) is 0.867. The maximum absolute atomic E-state index is 10.1. The van der Waals surface area contributed by atoms with Gasteiger partial charge >= 0.3 is 6.16 Å². The molecule has 0 aliphatic heterocycles. The molecular weight excluding hydrogens is 196 g/mol. The molecule has 1 rings (SSSR count). The summed E-state index contributed by atoms with van der Waals surface area (Å²) in [5.41, 5.74) is 5.33. The molecule has 8 heteroatoms. The molecule has 70 valence electrons. The Bertz CT molecular complexity index is 332. The third-order valence-corrected chi connectivity index (χ3v) is 1.57. The molecule has 1 heterocycles. The predicted octanol–water partition coefficient (Wildman–Crippen LogP) is 0.232. The third-order valence-electron chi connectivity index (χ3n) is 1.03. The highest BCUT2D eigenvalue weighted by Crippen LogP contribution is 2.16. The van der Waals surface area contributed by atoms with Crippen molar-refractivity contribution < 1.29 is 14.6 Å². The van der Waals surface area contributed by atoms with Crippen molar-refractivity contribution in [3.63, 3.8) is 0 Å². The lowest BCUT2D eigenvalue weighted by Gasteiger charge is -2.00. The van der Waals surface area contributed by atoms with Gasteiger partial charge in [0.25, 0.3) is 5.88 Å². The van der Waals surface area contributed by atoms with Gasteiger partial charge in [0.2, 0.25) is 5.16 Å². The molecule has 1 aromatic heterocycles. The number of rotatable bonds is 2. The molecule has 0 saturated carbocycles. The molecule has 0 radical (unpaired) electrons. The van der Waals surface area contributed by atoms with Gasteiger partial charge in [-0.1, -0.05) is 11.8 Å². The molecule has 0 spiro atoms. The Morgan fingerprint density at radius 1 is 1.62 bits per heavy atom. The summed E-state index contributed by atoms with van der Waals surface area (Å²) in [4.78, 5) is 13.8. The highest BCUT2D eigenvalue weighted by Gasteiger charge is 2.10. The second kappa shape index (κ2) is 3.90. The summed E-state index contributed by atoms with van der Waals surface area (Å²) in [5, 5.41) is 15.6. The van der Waals surface area contributed by atoms with E-state index in [1.54, 1.807) is 6.26 Å². The minimum Gasteiger partial charge on any atom is -0.449 e. The summed E-state index contributed by atoms with van der Waals surface area (Å²) in [7, 11) is 0. The maximum atomic E-state index is 10.1. The van der Waals surface area contributed by atoms with E-state index in [0.29, 0.717) is 5.16 Å². The van der Waals surface area contributed by atoms with Gasteiger partial charge in [-0.25, -0.2) is 4.79 Å². The first kappa shape index (κ1) is 9.52. The number of aromatic nitrogens is 3. The molecule has 0 unspecified atom stereocenters. The van der Waals surface area contributed by atoms with Crippen LogP contribution in [-0.2, 0) is 0 Å². The average molecular weight is 202 g/mol. The van der Waals surface area contributed by atoms with Crippen molar-refractivity contribution in [1.82, 2.24) is 15.2 Å². The van der Waals surface area contributed by atoms with E-state index in [1.165, 1.54) is 11.8 Å². The van der Waals surface area contributed by atoms with Crippen molar-refractivity contribution in [3.8, 4) is 5.88 Å². The van der Waals surface area contributed by atoms with Gasteiger partial charge in [-0.05, 0) is 6.26 Å². The summed E-state index contributed by atoms with van der Waals surface area (Å²) < 4.78 is 4.19. The highest BCUT2D eigenvalue weighted by atomic mass is 32.2. The number of carboxylic acid groups (broad SMARTS) is 1. The van der Waals surface area contributed by atoms with Gasteiger partial charge in [0.05, 0.1) is 0 Å². The fourth-order valence-electron chi connectivity index (χ4n) is 0.555. The Kier molecular flexibility index (Phi) is 2.85. The van der Waals surface area contributed by atoms with E-state index in [-0.39, 0.29) is 11.7 Å². The van der Waals surface area contributed by atoms with E-state index in [9.17, 15) is 4.79 Å². The zero-order valence-electron chi connectivity index (χ0n) is 6.59. The van der Waals surface area contributed by atoms with Crippen molar-refractivity contribution in [2.45, 2.75) is 5.16 Å². The topological polar surface area (TPSA) is 111 Å². The van der Waals surface area contributed by atoms with Crippen LogP contribution >= 0.6 is 11.8 Å². The minimum absolute atomic E-state index is 0.0956. The maximum Gasteiger partial charge on any atom is 0.512 e. The van der Waals surface area contributed by atoms with Crippen LogP contribution in [0.1, 0.15) is 0 Å². The highest BCUT2D eigenvalue weighted by molar-refractivity contribution is 7.98. The first-order valence-electron chi connectivity index (χ1n) is 3.08. The molecule has 1 aromatic rings. The van der Waals surface area contributed by atoms with Crippen LogP contribution in [0.5, 0.6) is 5.88 Å². The standard InChI is InChI=1S/C5H6N4O3S/c1-13-4-7-2(6)3(8-9-4)12-5(10)11/h1H3,(H,10,11)(H2,6,7,9). The summed E-state index contributed by atoms with van der Waals surface area (Å²) in [5.74, 6) is -0.396. The SMILES string of the molecule is CSc1nnc(OC(=O)O)c(N)n1. The number of nitrogen functional groups attached to an aromatic ring is 1. The van der Waals surface area contributed by atoms with Crippen LogP contribution in [-0.4, -0.2) is 32.7 Å². The van der Waals surface area contributed by atoms with E-state index in [2.05, 4.69) is 19.9 Å². The number of hydrogen-bond donors (Lipinski definition) is 2. The number of hydrogen-bond acceptors (Lipinski definition) is 7. The molecule has 0 fully saturated rings. The lowest BCUT2D eigenvalue weighted by Crippen LogP contribution is -2.09. The summed E-state index contributed by atoms with van der Waals surface area (Å²) in [6.07, 6.45) is 0.244. The van der Waals surface area contributed by atoms with Crippen LogP contribution in [0, 0.1) is 0 Å². The van der Waals surface area contributed by atoms with E-state index in [0.717, 1.165) is 0 Å². The van der Waals surface area contributed by atoms with Gasteiger partial charge in [0.15, 0.2) is 5.82 Å². The molecule has 0 bridgehead atoms. The van der Waals surface area contributed by atoms with Crippen LogP contribution in [0.25, 0.3) is 0 Å². The quantitative estimate of drug-likeness (QED) is 0.517. The number of ether oxygens (including phenoxy) is 1. The van der Waals surface area contributed by atoms with Crippen molar-refractivity contribution >= 4 is 23.7 Å². The zero-order chi connectivity index (χ0) is 9.84. The third kappa shape index (κ3) is 2.44. The zero-order valence-corrected chi connectivity index (χ0v) is 7.41. The van der Waals surface area contributed by atoms with Gasteiger partial charge in [0, 0.05) is 0 Å². The van der Waals surface area contributed by atoms with Gasteiger partial charge in [-0.2, -0.15) is 4.98 Å². The van der Waals surface area contributed by atoms with E-state index in [4.69, 9.17) is 10.8 Å². The first-order chi connectivity index (χ1) is 6.13. The van der Waals surface area contributed by atoms with Gasteiger partial charge < -0.3 is 15.6 Å². The summed E-state index contributed by atoms with van der Waals surface area (Å²) >= 11 is 1.24. The molecule has 0 aliphatic rings. The van der Waals surface area contributed by atoms with Crippen LogP contribution in [0.15, 0.2) is 5.16 Å². The Hall–Kier alpha value is -1.57. The van der Waals surface area contributed by atoms with Gasteiger partial charge in [-0.3, -0.25) is 0 Å². The van der Waals surface area contributed by atoms with Crippen LogP contribution in [0.4, 0.5) is 10.6 Å².